The summed E-state index contributed by atoms with van der Waals surface area (Å²) in [5.74, 6) is 0. The van der Waals surface area contributed by atoms with Gasteiger partial charge in [-0.25, -0.2) is 0 Å². The van der Waals surface area contributed by atoms with Gasteiger partial charge < -0.3 is 0 Å². The molecule has 0 aliphatic rings. The zero-order chi connectivity index (χ0) is 4.24. The molecule has 0 aliphatic heterocycles. The van der Waals surface area contributed by atoms with Crippen LogP contribution in [0, 0.1) is 0 Å². The Morgan fingerprint density at radius 3 is 0.667 bits per heavy atom. The van der Waals surface area contributed by atoms with E-state index in [4.69, 9.17) is 0 Å². The fraction of sp³-hybridized carbons (Fsp3) is 0. The van der Waals surface area contributed by atoms with Crippen LogP contribution in [0.4, 0.5) is 0 Å². The van der Waals surface area contributed by atoms with Gasteiger partial charge in [-0.1, -0.05) is 36.4 Å². The predicted molar refractivity (Wildman–Crippen MR) is 40.9 cm³/mol. The van der Waals surface area contributed by atoms with Crippen LogP contribution in [0.15, 0.2) is 36.4 Å². The van der Waals surface area contributed by atoms with Gasteiger partial charge in [0.1, 0.15) is 0 Å². The van der Waals surface area contributed by atoms with Gasteiger partial charge in [-0.05, 0) is 0 Å². The van der Waals surface area contributed by atoms with Gasteiger partial charge in [0.25, 0.3) is 0 Å². The molecule has 1 aromatic rings. The van der Waals surface area contributed by atoms with Crippen LogP contribution in [-0.2, 0) is 19.8 Å². The molecule has 0 amide bonds. The average Bonchev–Trinajstić information content (AvgIpc) is 1.72. The molecule has 0 unspecified atom stereocenters. The van der Waals surface area contributed by atoms with E-state index in [2.05, 4.69) is 0 Å². The zero-order valence-electron chi connectivity index (χ0n) is 4.63. The van der Waals surface area contributed by atoms with E-state index < -0.39 is 0 Å². The molecule has 0 saturated heterocycles. The van der Waals surface area contributed by atoms with Crippen molar-refractivity contribution >= 4 is 24.8 Å². The summed E-state index contributed by atoms with van der Waals surface area (Å²) in [6.45, 7) is 0. The predicted octanol–water partition coefficient (Wildman–Crippen LogP) is 2.53. The van der Waals surface area contributed by atoms with E-state index in [1.54, 1.807) is 0 Å². The summed E-state index contributed by atoms with van der Waals surface area (Å²) in [4.78, 5) is 0. The summed E-state index contributed by atoms with van der Waals surface area (Å²) in [5, 5.41) is 0. The van der Waals surface area contributed by atoms with Gasteiger partial charge >= 0.3 is 0 Å². The molecule has 1 rings (SSSR count). The van der Waals surface area contributed by atoms with Gasteiger partial charge in [0.15, 0.2) is 0 Å². The van der Waals surface area contributed by atoms with Crippen LogP contribution in [0.1, 0.15) is 0 Å². The normalized spacial score (nSPS) is 5.33. The molecule has 0 nitrogen and oxygen atoms in total. The molecule has 0 bridgehead atoms. The Bertz CT molecular complexity index is 83.0. The summed E-state index contributed by atoms with van der Waals surface area (Å²) < 4.78 is 0. The van der Waals surface area contributed by atoms with Crippen LogP contribution in [0.5, 0.6) is 0 Å². The van der Waals surface area contributed by atoms with E-state index in [0.717, 1.165) is 0 Å². The molecule has 9 heavy (non-hydrogen) atoms. The first-order chi connectivity index (χ1) is 3.00. The molecule has 0 fully saturated rings. The van der Waals surface area contributed by atoms with Gasteiger partial charge in [-0.3, -0.25) is 0 Å². The van der Waals surface area contributed by atoms with Crippen molar-refractivity contribution in [2.75, 3.05) is 0 Å². The van der Waals surface area contributed by atoms with Crippen molar-refractivity contribution in [3.8, 4) is 0 Å². The van der Waals surface area contributed by atoms with Crippen molar-refractivity contribution in [1.82, 2.24) is 0 Å². The third-order valence-electron chi connectivity index (χ3n) is 0.667. The molecular weight excluding hydrogens is 333 g/mol. The fourth-order valence-corrected chi connectivity index (χ4v) is 0.385. The van der Waals surface area contributed by atoms with Crippen LogP contribution in [0.3, 0.4) is 0 Å². The van der Waals surface area contributed by atoms with Crippen molar-refractivity contribution < 1.29 is 19.8 Å². The first-order valence-corrected chi connectivity index (χ1v) is 2.00. The van der Waals surface area contributed by atoms with Crippen LogP contribution >= 0.6 is 24.8 Å². The Morgan fingerprint density at radius 2 is 0.556 bits per heavy atom. The summed E-state index contributed by atoms with van der Waals surface area (Å²) in [7, 11) is 0. The smallest absolute Gasteiger partial charge is 0 e. The molecule has 3 heteroatoms. The van der Waals surface area contributed by atoms with Crippen LogP contribution in [0.2, 0.25) is 0 Å². The molecule has 0 atom stereocenters. The Morgan fingerprint density at radius 1 is 0.444 bits per heavy atom. The molecule has 1 aromatic carbocycles. The quantitative estimate of drug-likeness (QED) is 0.680. The van der Waals surface area contributed by atoms with Gasteiger partial charge in [0.05, 0.1) is 0 Å². The monoisotopic (exact) mass is 342 g/mol. The summed E-state index contributed by atoms with van der Waals surface area (Å²) in [6, 6.07) is 12.0. The van der Waals surface area contributed by atoms with Crippen molar-refractivity contribution in [2.24, 2.45) is 0 Å². The average molecular weight is 341 g/mol. The standard InChI is InChI=1S/C6H6.2ClH.Os/c1-2-4-6-5-3-1;;;/h1-6H;2*1H;. The van der Waals surface area contributed by atoms with Crippen LogP contribution in [0.25, 0.3) is 0 Å². The minimum Gasteiger partial charge on any atom is -0.147 e. The fourth-order valence-electron chi connectivity index (χ4n) is 0.385. The third kappa shape index (κ3) is 8.44. The summed E-state index contributed by atoms with van der Waals surface area (Å²) in [5.41, 5.74) is 0. The largest absolute Gasteiger partial charge is 0.147 e. The Hall–Kier alpha value is 0.436. The van der Waals surface area contributed by atoms with Crippen molar-refractivity contribution in [3.63, 3.8) is 0 Å². The van der Waals surface area contributed by atoms with Gasteiger partial charge in [0, 0.05) is 19.8 Å². The molecule has 0 aliphatic carbocycles. The molecule has 0 spiro atoms. The van der Waals surface area contributed by atoms with E-state index in [9.17, 15) is 0 Å². The topological polar surface area (TPSA) is 0 Å². The third-order valence-corrected chi connectivity index (χ3v) is 0.667. The summed E-state index contributed by atoms with van der Waals surface area (Å²) >= 11 is 0. The van der Waals surface area contributed by atoms with E-state index in [1.807, 2.05) is 36.4 Å². The minimum absolute atomic E-state index is 0. The molecule has 0 heterocycles. The molecule has 54 valence electrons. The molecule has 0 radical (unpaired) electrons. The van der Waals surface area contributed by atoms with Crippen molar-refractivity contribution in [3.05, 3.63) is 36.4 Å². The minimum atomic E-state index is 0. The van der Waals surface area contributed by atoms with E-state index >= 15 is 0 Å². The number of hydrogen-bond acceptors (Lipinski definition) is 0. The van der Waals surface area contributed by atoms with E-state index in [1.165, 1.54) is 0 Å². The van der Waals surface area contributed by atoms with Gasteiger partial charge in [0.2, 0.25) is 0 Å². The van der Waals surface area contributed by atoms with Crippen molar-refractivity contribution in [2.45, 2.75) is 0 Å². The van der Waals surface area contributed by atoms with Crippen molar-refractivity contribution in [1.29, 1.82) is 0 Å². The Kier molecular flexibility index (Phi) is 20.3. The Balaban J connectivity index is -0.000000120. The van der Waals surface area contributed by atoms with E-state index in [-0.39, 0.29) is 44.6 Å². The first-order valence-electron chi connectivity index (χ1n) is 2.00. The molecule has 0 N–H and O–H groups in total. The first kappa shape index (κ1) is 16.2. The second-order valence-electron chi connectivity index (χ2n) is 1.15. The number of hydrogen-bond donors (Lipinski definition) is 0. The van der Waals surface area contributed by atoms with Gasteiger partial charge in [-0.2, -0.15) is 0 Å². The number of benzene rings is 1. The molecule has 0 saturated carbocycles. The van der Waals surface area contributed by atoms with Crippen LogP contribution in [-0.4, -0.2) is 0 Å². The Labute approximate surface area is 80.9 Å². The number of halogens is 2. The maximum atomic E-state index is 2.00. The molecular formula is C6H8Cl2Os. The maximum Gasteiger partial charge on any atom is 0 e. The molecule has 0 aromatic heterocycles. The maximum absolute atomic E-state index is 2.00. The SMILES string of the molecule is Cl.Cl.[Os].c1ccccc1. The number of rotatable bonds is 0. The van der Waals surface area contributed by atoms with E-state index in [0.29, 0.717) is 0 Å². The summed E-state index contributed by atoms with van der Waals surface area (Å²) in [6.07, 6.45) is 0. The second-order valence-corrected chi connectivity index (χ2v) is 1.15. The second kappa shape index (κ2) is 11.3. The van der Waals surface area contributed by atoms with Crippen LogP contribution < -0.4 is 0 Å². The zero-order valence-corrected chi connectivity index (χ0v) is 8.81. The van der Waals surface area contributed by atoms with Gasteiger partial charge in [-0.15, -0.1) is 24.8 Å².